The molecule has 2 aromatic rings. The molecule has 0 bridgehead atoms. The van der Waals surface area contributed by atoms with Crippen molar-refractivity contribution in [3.63, 3.8) is 0 Å². The van der Waals surface area contributed by atoms with Crippen LogP contribution in [0.2, 0.25) is 5.02 Å². The van der Waals surface area contributed by atoms with Crippen LogP contribution in [0, 0.1) is 5.92 Å². The summed E-state index contributed by atoms with van der Waals surface area (Å²) in [6.45, 7) is 3.94. The van der Waals surface area contributed by atoms with Crippen molar-refractivity contribution in [1.29, 1.82) is 0 Å². The number of ether oxygens (including phenoxy) is 1. The number of aromatic nitrogens is 2. The van der Waals surface area contributed by atoms with E-state index >= 15 is 0 Å². The molecule has 8 heteroatoms. The molecule has 1 aromatic heterocycles. The highest BCUT2D eigenvalue weighted by Crippen LogP contribution is 2.17. The third-order valence-electron chi connectivity index (χ3n) is 4.45. The molecule has 0 spiro atoms. The van der Waals surface area contributed by atoms with E-state index in [2.05, 4.69) is 10.4 Å². The molecule has 1 fully saturated rings. The lowest BCUT2D eigenvalue weighted by molar-refractivity contribution is -0.132. The number of rotatable bonds is 7. The Labute approximate surface area is 163 Å². The van der Waals surface area contributed by atoms with E-state index in [0.29, 0.717) is 23.0 Å². The Kier molecular flexibility index (Phi) is 6.34. The van der Waals surface area contributed by atoms with E-state index in [4.69, 9.17) is 16.3 Å². The number of benzene rings is 1. The third-order valence-corrected chi connectivity index (χ3v) is 4.65. The maximum absolute atomic E-state index is 12.3. The van der Waals surface area contributed by atoms with E-state index in [-0.39, 0.29) is 24.3 Å². The summed E-state index contributed by atoms with van der Waals surface area (Å²) in [6, 6.07) is 6.99. The molecule has 7 nitrogen and oxygen atoms in total. The first kappa shape index (κ1) is 19.2. The van der Waals surface area contributed by atoms with Gasteiger partial charge in [-0.1, -0.05) is 18.5 Å². The highest BCUT2D eigenvalue weighted by molar-refractivity contribution is 6.30. The quantitative estimate of drug-likeness (QED) is 0.788. The number of nitrogens with zero attached hydrogens (tertiary/aromatic N) is 3. The van der Waals surface area contributed by atoms with Gasteiger partial charge in [0, 0.05) is 25.0 Å². The summed E-state index contributed by atoms with van der Waals surface area (Å²) >= 11 is 5.83. The number of nitrogens with one attached hydrogen (secondary N) is 1. The lowest BCUT2D eigenvalue weighted by atomic mass is 10.1. The number of anilines is 1. The number of likely N-dealkylation sites (tertiary alicyclic amines) is 1. The van der Waals surface area contributed by atoms with Gasteiger partial charge in [0.25, 0.3) is 5.91 Å². The first-order valence-corrected chi connectivity index (χ1v) is 9.38. The van der Waals surface area contributed by atoms with Gasteiger partial charge in [-0.15, -0.1) is 0 Å². The van der Waals surface area contributed by atoms with Gasteiger partial charge >= 0.3 is 0 Å². The molecule has 1 aliphatic rings. The molecule has 3 rings (SSSR count). The molecule has 0 saturated carbocycles. The Morgan fingerprint density at radius 2 is 1.96 bits per heavy atom. The minimum atomic E-state index is -0.269. The molecular formula is C19H23ClN4O3. The summed E-state index contributed by atoms with van der Waals surface area (Å²) in [7, 11) is 0. The second-order valence-electron chi connectivity index (χ2n) is 6.67. The average Bonchev–Trinajstić information content (AvgIpc) is 3.33. The summed E-state index contributed by atoms with van der Waals surface area (Å²) < 4.78 is 7.18. The lowest BCUT2D eigenvalue weighted by Gasteiger charge is -2.16. The first-order chi connectivity index (χ1) is 13.0. The highest BCUT2D eigenvalue weighted by atomic mass is 35.5. The van der Waals surface area contributed by atoms with Crippen LogP contribution in [0.15, 0.2) is 36.7 Å². The Morgan fingerprint density at radius 1 is 1.26 bits per heavy atom. The second kappa shape index (κ2) is 8.90. The summed E-state index contributed by atoms with van der Waals surface area (Å²) in [5.41, 5.74) is 0.670. The third kappa shape index (κ3) is 5.47. The molecule has 1 atom stereocenters. The van der Waals surface area contributed by atoms with Crippen LogP contribution in [0.4, 0.5) is 5.69 Å². The second-order valence-corrected chi connectivity index (χ2v) is 7.11. The molecule has 1 saturated heterocycles. The zero-order valence-electron chi connectivity index (χ0n) is 15.2. The van der Waals surface area contributed by atoms with Crippen LogP contribution in [-0.2, 0) is 16.1 Å². The van der Waals surface area contributed by atoms with Crippen LogP contribution >= 0.6 is 11.6 Å². The topological polar surface area (TPSA) is 76.5 Å². The predicted octanol–water partition coefficient (Wildman–Crippen LogP) is 2.81. The van der Waals surface area contributed by atoms with Crippen molar-refractivity contribution in [2.24, 2.45) is 5.92 Å². The number of carbonyl (C=O) groups excluding carboxylic acids is 2. The maximum Gasteiger partial charge on any atom is 0.260 e. The predicted molar refractivity (Wildman–Crippen MR) is 103 cm³/mol. The van der Waals surface area contributed by atoms with Gasteiger partial charge in [-0.2, -0.15) is 5.10 Å². The summed E-state index contributed by atoms with van der Waals surface area (Å²) in [5.74, 6) is 0.228. The number of carbonyl (C=O) groups is 2. The summed E-state index contributed by atoms with van der Waals surface area (Å²) in [4.78, 5) is 26.1. The number of halogens is 1. The number of amides is 2. The Hall–Kier alpha value is -2.54. The summed E-state index contributed by atoms with van der Waals surface area (Å²) in [6.07, 6.45) is 5.35. The van der Waals surface area contributed by atoms with Crippen LogP contribution in [0.3, 0.4) is 0 Å². The Morgan fingerprint density at radius 3 is 2.59 bits per heavy atom. The zero-order valence-corrected chi connectivity index (χ0v) is 16.0. The minimum absolute atomic E-state index is 0.0115. The van der Waals surface area contributed by atoms with Gasteiger partial charge in [-0.3, -0.25) is 14.3 Å². The van der Waals surface area contributed by atoms with Crippen molar-refractivity contribution in [2.45, 2.75) is 26.3 Å². The van der Waals surface area contributed by atoms with Crippen LogP contribution in [0.25, 0.3) is 0 Å². The van der Waals surface area contributed by atoms with Crippen molar-refractivity contribution in [1.82, 2.24) is 14.7 Å². The fraction of sp³-hybridized carbons (Fsp3) is 0.421. The van der Waals surface area contributed by atoms with Crippen molar-refractivity contribution in [3.05, 3.63) is 41.7 Å². The SMILES string of the molecule is CC(Cn1cc(Cl)cn1)C(=O)Nc1ccc(OCC(=O)N2CCCC2)cc1. The van der Waals surface area contributed by atoms with E-state index < -0.39 is 0 Å². The maximum atomic E-state index is 12.3. The Bertz CT molecular complexity index is 785. The van der Waals surface area contributed by atoms with Crippen molar-refractivity contribution in [3.8, 4) is 5.75 Å². The van der Waals surface area contributed by atoms with Crippen molar-refractivity contribution >= 4 is 29.1 Å². The number of hydrogen-bond donors (Lipinski definition) is 1. The van der Waals surface area contributed by atoms with Gasteiger partial charge in [-0.25, -0.2) is 0 Å². The molecular weight excluding hydrogens is 368 g/mol. The molecule has 2 amide bonds. The van der Waals surface area contributed by atoms with Crippen LogP contribution < -0.4 is 10.1 Å². The summed E-state index contributed by atoms with van der Waals surface area (Å²) in [5, 5.41) is 7.48. The number of hydrogen-bond acceptors (Lipinski definition) is 4. The molecule has 144 valence electrons. The van der Waals surface area contributed by atoms with Gasteiger partial charge in [0.15, 0.2) is 6.61 Å². The molecule has 1 unspecified atom stereocenters. The largest absolute Gasteiger partial charge is 0.484 e. The van der Waals surface area contributed by atoms with Crippen LogP contribution in [0.1, 0.15) is 19.8 Å². The zero-order chi connectivity index (χ0) is 19.2. The van der Waals surface area contributed by atoms with Crippen LogP contribution in [0.5, 0.6) is 5.75 Å². The van der Waals surface area contributed by atoms with E-state index in [0.717, 1.165) is 25.9 Å². The normalized spacial score (nSPS) is 14.8. The molecule has 27 heavy (non-hydrogen) atoms. The Balaban J connectivity index is 1.46. The first-order valence-electron chi connectivity index (χ1n) is 9.01. The smallest absolute Gasteiger partial charge is 0.260 e. The fourth-order valence-electron chi connectivity index (χ4n) is 2.90. The molecule has 0 aliphatic carbocycles. The van der Waals surface area contributed by atoms with E-state index in [1.165, 1.54) is 0 Å². The fourth-order valence-corrected chi connectivity index (χ4v) is 3.06. The molecule has 2 heterocycles. The minimum Gasteiger partial charge on any atom is -0.484 e. The van der Waals surface area contributed by atoms with E-state index in [9.17, 15) is 9.59 Å². The van der Waals surface area contributed by atoms with E-state index in [1.54, 1.807) is 41.3 Å². The van der Waals surface area contributed by atoms with Gasteiger partial charge < -0.3 is 15.0 Å². The van der Waals surface area contributed by atoms with Gasteiger partial charge in [0.05, 0.1) is 23.7 Å². The molecule has 1 aromatic carbocycles. The van der Waals surface area contributed by atoms with Crippen molar-refractivity contribution < 1.29 is 14.3 Å². The average molecular weight is 391 g/mol. The van der Waals surface area contributed by atoms with E-state index in [1.807, 2.05) is 11.8 Å². The lowest BCUT2D eigenvalue weighted by Crippen LogP contribution is -2.32. The molecule has 0 radical (unpaired) electrons. The monoisotopic (exact) mass is 390 g/mol. The van der Waals surface area contributed by atoms with Crippen molar-refractivity contribution in [2.75, 3.05) is 25.0 Å². The highest BCUT2D eigenvalue weighted by Gasteiger charge is 2.18. The molecule has 1 N–H and O–H groups in total. The van der Waals surface area contributed by atoms with Gasteiger partial charge in [-0.05, 0) is 37.1 Å². The van der Waals surface area contributed by atoms with Crippen LogP contribution in [-0.4, -0.2) is 46.2 Å². The van der Waals surface area contributed by atoms with Gasteiger partial charge in [0.2, 0.25) is 5.91 Å². The molecule has 1 aliphatic heterocycles. The standard InChI is InChI=1S/C19H23ClN4O3/c1-14(11-24-12-15(20)10-21-24)19(26)22-16-4-6-17(7-5-16)27-13-18(25)23-8-2-3-9-23/h4-7,10,12,14H,2-3,8-9,11,13H2,1H3,(H,22,26). The van der Waals surface area contributed by atoms with Gasteiger partial charge in [0.1, 0.15) is 5.75 Å².